The van der Waals surface area contributed by atoms with Crippen LogP contribution in [0.3, 0.4) is 0 Å². The van der Waals surface area contributed by atoms with Crippen LogP contribution in [0.25, 0.3) is 0 Å². The van der Waals surface area contributed by atoms with Gasteiger partial charge in [-0.1, -0.05) is 30.3 Å². The Morgan fingerprint density at radius 1 is 0.966 bits per heavy atom. The minimum Gasteiger partial charge on any atom is -0.352 e. The van der Waals surface area contributed by atoms with Crippen LogP contribution in [0.4, 0.5) is 5.95 Å². The number of rotatable bonds is 7. The number of anilines is 1. The Bertz CT molecular complexity index is 834. The first-order valence-electron chi connectivity index (χ1n) is 10.1. The number of hydrogen-bond acceptors (Lipinski definition) is 6. The Hall–Kier alpha value is -3.00. The first kappa shape index (κ1) is 20.7. The van der Waals surface area contributed by atoms with Gasteiger partial charge in [0, 0.05) is 52.0 Å². The molecule has 0 radical (unpaired) electrons. The third-order valence-corrected chi connectivity index (χ3v) is 4.81. The molecule has 0 spiro atoms. The molecule has 1 aromatic carbocycles. The number of nitrogens with zero attached hydrogens (tertiary/aromatic N) is 4. The summed E-state index contributed by atoms with van der Waals surface area (Å²) in [5, 5.41) is 5.44. The van der Waals surface area contributed by atoms with Crippen molar-refractivity contribution >= 4 is 17.8 Å². The highest BCUT2D eigenvalue weighted by Gasteiger charge is 2.24. The van der Waals surface area contributed by atoms with Gasteiger partial charge in [-0.15, -0.1) is 0 Å². The van der Waals surface area contributed by atoms with Crippen LogP contribution in [0.2, 0.25) is 0 Å². The summed E-state index contributed by atoms with van der Waals surface area (Å²) in [7, 11) is 0. The van der Waals surface area contributed by atoms with Crippen molar-refractivity contribution in [1.82, 2.24) is 25.5 Å². The lowest BCUT2D eigenvalue weighted by atomic mass is 10.2. The molecule has 1 aromatic heterocycles. The lowest BCUT2D eigenvalue weighted by Crippen LogP contribution is -2.46. The van der Waals surface area contributed by atoms with E-state index in [1.807, 2.05) is 19.9 Å². The highest BCUT2D eigenvalue weighted by molar-refractivity contribution is 6.05. The molecule has 1 aliphatic heterocycles. The van der Waals surface area contributed by atoms with Gasteiger partial charge in [-0.05, 0) is 19.4 Å². The maximum absolute atomic E-state index is 12.5. The van der Waals surface area contributed by atoms with Gasteiger partial charge in [-0.2, -0.15) is 0 Å². The molecule has 29 heavy (non-hydrogen) atoms. The molecule has 2 aromatic rings. The predicted molar refractivity (Wildman–Crippen MR) is 112 cm³/mol. The van der Waals surface area contributed by atoms with E-state index in [1.54, 1.807) is 0 Å². The third-order valence-electron chi connectivity index (χ3n) is 4.81. The van der Waals surface area contributed by atoms with Crippen LogP contribution in [0.15, 0.2) is 36.5 Å². The van der Waals surface area contributed by atoms with E-state index in [4.69, 9.17) is 0 Å². The van der Waals surface area contributed by atoms with Crippen molar-refractivity contribution in [2.75, 3.05) is 44.2 Å². The fraction of sp³-hybridized carbons (Fsp3) is 0.429. The number of amides is 2. The van der Waals surface area contributed by atoms with E-state index in [0.29, 0.717) is 19.0 Å². The molecule has 2 heterocycles. The number of benzene rings is 1. The van der Waals surface area contributed by atoms with Crippen molar-refractivity contribution in [3.8, 4) is 0 Å². The molecule has 154 valence electrons. The van der Waals surface area contributed by atoms with E-state index in [1.165, 1.54) is 11.8 Å². The van der Waals surface area contributed by atoms with Gasteiger partial charge in [0.1, 0.15) is 5.69 Å². The zero-order valence-corrected chi connectivity index (χ0v) is 17.0. The zero-order chi connectivity index (χ0) is 20.6. The van der Waals surface area contributed by atoms with E-state index in [2.05, 4.69) is 54.7 Å². The molecular weight excluding hydrogens is 368 g/mol. The van der Waals surface area contributed by atoms with Crippen molar-refractivity contribution < 1.29 is 9.59 Å². The lowest BCUT2D eigenvalue weighted by Gasteiger charge is -2.34. The second-order valence-electron chi connectivity index (χ2n) is 6.90. The topological polar surface area (TPSA) is 90.5 Å². The maximum Gasteiger partial charge on any atom is 0.270 e. The minimum atomic E-state index is -0.361. The molecule has 1 aliphatic rings. The Morgan fingerprint density at radius 3 is 2.28 bits per heavy atom. The Balaban J connectivity index is 1.71. The molecule has 0 aliphatic carbocycles. The molecule has 0 bridgehead atoms. The van der Waals surface area contributed by atoms with Crippen molar-refractivity contribution in [2.24, 2.45) is 0 Å². The van der Waals surface area contributed by atoms with Crippen molar-refractivity contribution in [1.29, 1.82) is 0 Å². The Labute approximate surface area is 171 Å². The van der Waals surface area contributed by atoms with Crippen molar-refractivity contribution in [3.63, 3.8) is 0 Å². The fourth-order valence-electron chi connectivity index (χ4n) is 3.31. The molecule has 0 saturated carbocycles. The van der Waals surface area contributed by atoms with Gasteiger partial charge >= 0.3 is 0 Å². The molecule has 8 nitrogen and oxygen atoms in total. The van der Waals surface area contributed by atoms with Crippen LogP contribution in [0, 0.1) is 0 Å². The molecule has 8 heteroatoms. The smallest absolute Gasteiger partial charge is 0.270 e. The van der Waals surface area contributed by atoms with Gasteiger partial charge in [0.05, 0.1) is 5.56 Å². The van der Waals surface area contributed by atoms with E-state index in [9.17, 15) is 9.59 Å². The maximum atomic E-state index is 12.5. The summed E-state index contributed by atoms with van der Waals surface area (Å²) >= 11 is 0. The number of aromatic nitrogens is 2. The molecule has 1 fully saturated rings. The monoisotopic (exact) mass is 396 g/mol. The highest BCUT2D eigenvalue weighted by Crippen LogP contribution is 2.16. The third kappa shape index (κ3) is 5.29. The summed E-state index contributed by atoms with van der Waals surface area (Å²) in [6.07, 6.45) is 1.45. The SMILES string of the molecule is CCNC(=O)c1cnc(N2CCN(Cc3ccccc3)CC2)nc1C(=O)NCC. The largest absolute Gasteiger partial charge is 0.352 e. The molecule has 0 atom stereocenters. The normalized spacial score (nSPS) is 14.5. The average molecular weight is 396 g/mol. The summed E-state index contributed by atoms with van der Waals surface area (Å²) in [5.41, 5.74) is 1.61. The van der Waals surface area contributed by atoms with Crippen LogP contribution in [0.1, 0.15) is 40.3 Å². The highest BCUT2D eigenvalue weighted by atomic mass is 16.2. The van der Waals surface area contributed by atoms with Crippen molar-refractivity contribution in [3.05, 3.63) is 53.3 Å². The van der Waals surface area contributed by atoms with E-state index in [0.717, 1.165) is 32.7 Å². The minimum absolute atomic E-state index is 0.120. The van der Waals surface area contributed by atoms with Crippen LogP contribution in [-0.2, 0) is 6.54 Å². The first-order chi connectivity index (χ1) is 14.1. The number of nitrogens with one attached hydrogen (secondary N) is 2. The lowest BCUT2D eigenvalue weighted by molar-refractivity contribution is 0.0917. The molecule has 0 unspecified atom stereocenters. The first-order valence-corrected chi connectivity index (χ1v) is 10.1. The molecular formula is C21H28N6O2. The summed E-state index contributed by atoms with van der Waals surface area (Å²) in [6, 6.07) is 10.4. The molecule has 3 rings (SSSR count). The number of carbonyl (C=O) groups is 2. The molecule has 2 N–H and O–H groups in total. The van der Waals surface area contributed by atoms with Gasteiger partial charge in [-0.25, -0.2) is 9.97 Å². The molecule has 2 amide bonds. The van der Waals surface area contributed by atoms with E-state index >= 15 is 0 Å². The number of piperazine rings is 1. The summed E-state index contributed by atoms with van der Waals surface area (Å²) < 4.78 is 0. The summed E-state index contributed by atoms with van der Waals surface area (Å²) in [5.74, 6) is -0.216. The predicted octanol–water partition coefficient (Wildman–Crippen LogP) is 1.30. The van der Waals surface area contributed by atoms with E-state index in [-0.39, 0.29) is 23.1 Å². The van der Waals surface area contributed by atoms with Gasteiger partial charge < -0.3 is 15.5 Å². The number of carbonyl (C=O) groups excluding carboxylic acids is 2. The second kappa shape index (κ2) is 9.97. The average Bonchev–Trinajstić information content (AvgIpc) is 2.75. The van der Waals surface area contributed by atoms with Gasteiger partial charge in [0.25, 0.3) is 11.8 Å². The number of hydrogen-bond donors (Lipinski definition) is 2. The van der Waals surface area contributed by atoms with Gasteiger partial charge in [-0.3, -0.25) is 14.5 Å². The van der Waals surface area contributed by atoms with Gasteiger partial charge in [0.2, 0.25) is 5.95 Å². The van der Waals surface area contributed by atoms with Crippen LogP contribution < -0.4 is 15.5 Å². The van der Waals surface area contributed by atoms with Gasteiger partial charge in [0.15, 0.2) is 0 Å². The molecule has 1 saturated heterocycles. The second-order valence-corrected chi connectivity index (χ2v) is 6.90. The van der Waals surface area contributed by atoms with Crippen LogP contribution in [0.5, 0.6) is 0 Å². The Kier molecular flexibility index (Phi) is 7.13. The quantitative estimate of drug-likeness (QED) is 0.733. The summed E-state index contributed by atoms with van der Waals surface area (Å²) in [4.78, 5) is 38.0. The van der Waals surface area contributed by atoms with Crippen LogP contribution in [-0.4, -0.2) is 66.0 Å². The van der Waals surface area contributed by atoms with Crippen LogP contribution >= 0.6 is 0 Å². The zero-order valence-electron chi connectivity index (χ0n) is 17.0. The fourth-order valence-corrected chi connectivity index (χ4v) is 3.31. The summed E-state index contributed by atoms with van der Waals surface area (Å²) in [6.45, 7) is 8.80. The van der Waals surface area contributed by atoms with E-state index < -0.39 is 0 Å². The van der Waals surface area contributed by atoms with Crippen molar-refractivity contribution in [2.45, 2.75) is 20.4 Å². The standard InChI is InChI=1S/C21H28N6O2/c1-3-22-19(28)17-14-24-21(25-18(17)20(29)23-4-2)27-12-10-26(11-13-27)15-16-8-6-5-7-9-16/h5-9,14H,3-4,10-13,15H2,1-2H3,(H,22,28)(H,23,29). The Morgan fingerprint density at radius 2 is 1.62 bits per heavy atom.